The summed E-state index contributed by atoms with van der Waals surface area (Å²) >= 11 is 0. The molecule has 17 heavy (non-hydrogen) atoms. The SMILES string of the molecule is CC(C)NCc1cc(S(N)(=O)=O)cn1C(C)C. The van der Waals surface area contributed by atoms with Gasteiger partial charge >= 0.3 is 0 Å². The molecule has 0 fully saturated rings. The van der Waals surface area contributed by atoms with Gasteiger partial charge in [-0.3, -0.25) is 0 Å². The summed E-state index contributed by atoms with van der Waals surface area (Å²) in [6.45, 7) is 8.73. The number of sulfonamides is 1. The number of nitrogens with two attached hydrogens (primary N) is 1. The van der Waals surface area contributed by atoms with E-state index in [1.54, 1.807) is 12.3 Å². The minimum absolute atomic E-state index is 0.173. The number of hydrogen-bond acceptors (Lipinski definition) is 3. The summed E-state index contributed by atoms with van der Waals surface area (Å²) in [4.78, 5) is 0.173. The Morgan fingerprint density at radius 3 is 2.35 bits per heavy atom. The van der Waals surface area contributed by atoms with Crippen LogP contribution in [0.25, 0.3) is 0 Å². The van der Waals surface area contributed by atoms with Gasteiger partial charge in [0.25, 0.3) is 0 Å². The Bertz CT molecular complexity index is 475. The first kappa shape index (κ1) is 14.2. The van der Waals surface area contributed by atoms with E-state index in [1.807, 2.05) is 32.3 Å². The van der Waals surface area contributed by atoms with Crippen LogP contribution in [0.15, 0.2) is 17.2 Å². The molecule has 3 N–H and O–H groups in total. The monoisotopic (exact) mass is 259 g/mol. The molecule has 0 atom stereocenters. The van der Waals surface area contributed by atoms with Crippen molar-refractivity contribution in [2.24, 2.45) is 5.14 Å². The Hall–Kier alpha value is -0.850. The standard InChI is InChI=1S/C11H21N3O2S/c1-8(2)13-6-10-5-11(17(12,15)16)7-14(10)9(3)4/h5,7-9,13H,6H2,1-4H3,(H2,12,15,16). The van der Waals surface area contributed by atoms with Crippen molar-refractivity contribution < 1.29 is 8.42 Å². The van der Waals surface area contributed by atoms with E-state index in [9.17, 15) is 8.42 Å². The average molecular weight is 259 g/mol. The second kappa shape index (κ2) is 5.20. The van der Waals surface area contributed by atoms with Gasteiger partial charge in [0.15, 0.2) is 0 Å². The molecule has 1 aromatic rings. The number of primary sulfonamides is 1. The number of nitrogens with one attached hydrogen (secondary N) is 1. The minimum Gasteiger partial charge on any atom is -0.346 e. The molecule has 0 aromatic carbocycles. The molecule has 0 radical (unpaired) electrons. The molecule has 1 rings (SSSR count). The Morgan fingerprint density at radius 1 is 1.35 bits per heavy atom. The lowest BCUT2D eigenvalue weighted by Crippen LogP contribution is -2.23. The van der Waals surface area contributed by atoms with Crippen LogP contribution in [0.4, 0.5) is 0 Å². The van der Waals surface area contributed by atoms with Crippen LogP contribution in [-0.4, -0.2) is 19.0 Å². The molecule has 0 aliphatic heterocycles. The maximum absolute atomic E-state index is 11.3. The van der Waals surface area contributed by atoms with Gasteiger partial charge in [0.2, 0.25) is 10.0 Å². The highest BCUT2D eigenvalue weighted by Crippen LogP contribution is 2.17. The zero-order valence-corrected chi connectivity index (χ0v) is 11.6. The third kappa shape index (κ3) is 3.83. The zero-order chi connectivity index (χ0) is 13.2. The highest BCUT2D eigenvalue weighted by molar-refractivity contribution is 7.89. The normalized spacial score (nSPS) is 12.6. The third-order valence-corrected chi connectivity index (χ3v) is 3.36. The first-order valence-corrected chi connectivity index (χ1v) is 7.23. The summed E-state index contributed by atoms with van der Waals surface area (Å²) in [6, 6.07) is 2.18. The van der Waals surface area contributed by atoms with Crippen LogP contribution in [0.5, 0.6) is 0 Å². The number of aromatic nitrogens is 1. The van der Waals surface area contributed by atoms with Crippen LogP contribution in [-0.2, 0) is 16.6 Å². The molecule has 0 aliphatic rings. The van der Waals surface area contributed by atoms with Crippen LogP contribution < -0.4 is 10.5 Å². The Kier molecular flexibility index (Phi) is 4.35. The largest absolute Gasteiger partial charge is 0.346 e. The van der Waals surface area contributed by atoms with Crippen molar-refractivity contribution in [1.82, 2.24) is 9.88 Å². The molecule has 0 amide bonds. The fraction of sp³-hybridized carbons (Fsp3) is 0.636. The van der Waals surface area contributed by atoms with Crippen LogP contribution in [0.2, 0.25) is 0 Å². The van der Waals surface area contributed by atoms with Gasteiger partial charge in [-0.2, -0.15) is 0 Å². The van der Waals surface area contributed by atoms with Gasteiger partial charge in [0, 0.05) is 30.5 Å². The average Bonchev–Trinajstić information content (AvgIpc) is 2.57. The molecular weight excluding hydrogens is 238 g/mol. The first-order chi connectivity index (χ1) is 7.71. The maximum Gasteiger partial charge on any atom is 0.239 e. The fourth-order valence-electron chi connectivity index (χ4n) is 1.58. The van der Waals surface area contributed by atoms with Gasteiger partial charge in [0.05, 0.1) is 4.90 Å². The van der Waals surface area contributed by atoms with Gasteiger partial charge in [-0.25, -0.2) is 13.6 Å². The highest BCUT2D eigenvalue weighted by Gasteiger charge is 2.15. The summed E-state index contributed by atoms with van der Waals surface area (Å²) in [5.74, 6) is 0. The quantitative estimate of drug-likeness (QED) is 0.834. The summed E-state index contributed by atoms with van der Waals surface area (Å²) in [6.07, 6.45) is 1.59. The minimum atomic E-state index is -3.63. The molecule has 98 valence electrons. The van der Waals surface area contributed by atoms with E-state index >= 15 is 0 Å². The van der Waals surface area contributed by atoms with Crippen molar-refractivity contribution in [2.75, 3.05) is 0 Å². The van der Waals surface area contributed by atoms with Crippen LogP contribution in [0, 0.1) is 0 Å². The molecule has 1 heterocycles. The predicted molar refractivity (Wildman–Crippen MR) is 68.2 cm³/mol. The molecule has 0 saturated heterocycles. The van der Waals surface area contributed by atoms with Crippen LogP contribution in [0.1, 0.15) is 39.4 Å². The van der Waals surface area contributed by atoms with Crippen LogP contribution in [0.3, 0.4) is 0 Å². The van der Waals surface area contributed by atoms with Crippen molar-refractivity contribution in [2.45, 2.75) is 51.2 Å². The first-order valence-electron chi connectivity index (χ1n) is 5.68. The number of hydrogen-bond donors (Lipinski definition) is 2. The van der Waals surface area contributed by atoms with Crippen molar-refractivity contribution in [3.63, 3.8) is 0 Å². The number of rotatable bonds is 5. The second-order valence-electron chi connectivity index (χ2n) is 4.75. The van der Waals surface area contributed by atoms with Gasteiger partial charge in [-0.05, 0) is 19.9 Å². The van der Waals surface area contributed by atoms with E-state index in [0.29, 0.717) is 12.6 Å². The maximum atomic E-state index is 11.3. The number of nitrogens with zero attached hydrogens (tertiary/aromatic N) is 1. The summed E-state index contributed by atoms with van der Waals surface area (Å²) < 4.78 is 24.5. The summed E-state index contributed by atoms with van der Waals surface area (Å²) in [7, 11) is -3.63. The van der Waals surface area contributed by atoms with E-state index < -0.39 is 10.0 Å². The fourth-order valence-corrected chi connectivity index (χ4v) is 2.14. The summed E-state index contributed by atoms with van der Waals surface area (Å²) in [5.41, 5.74) is 0.928. The van der Waals surface area contributed by atoms with Crippen LogP contribution >= 0.6 is 0 Å². The van der Waals surface area contributed by atoms with Crippen molar-refractivity contribution in [1.29, 1.82) is 0 Å². The molecule has 6 heteroatoms. The molecule has 0 aliphatic carbocycles. The van der Waals surface area contributed by atoms with Crippen molar-refractivity contribution in [3.05, 3.63) is 18.0 Å². The zero-order valence-electron chi connectivity index (χ0n) is 10.8. The lowest BCUT2D eigenvalue weighted by Gasteiger charge is -2.14. The smallest absolute Gasteiger partial charge is 0.239 e. The van der Waals surface area contributed by atoms with Crippen molar-refractivity contribution in [3.8, 4) is 0 Å². The summed E-state index contributed by atoms with van der Waals surface area (Å²) in [5, 5.41) is 8.40. The third-order valence-electron chi connectivity index (χ3n) is 2.48. The predicted octanol–water partition coefficient (Wildman–Crippen LogP) is 1.21. The topological polar surface area (TPSA) is 77.1 Å². The molecule has 0 saturated carbocycles. The Morgan fingerprint density at radius 2 is 1.94 bits per heavy atom. The van der Waals surface area contributed by atoms with Crippen molar-refractivity contribution >= 4 is 10.0 Å². The van der Waals surface area contributed by atoms with Gasteiger partial charge < -0.3 is 9.88 Å². The van der Waals surface area contributed by atoms with E-state index in [1.165, 1.54) is 0 Å². The lowest BCUT2D eigenvalue weighted by atomic mass is 10.3. The molecule has 0 unspecified atom stereocenters. The van der Waals surface area contributed by atoms with E-state index in [0.717, 1.165) is 5.69 Å². The van der Waals surface area contributed by atoms with Gasteiger partial charge in [0.1, 0.15) is 0 Å². The Labute approximate surface area is 103 Å². The molecule has 1 aromatic heterocycles. The van der Waals surface area contributed by atoms with E-state index in [-0.39, 0.29) is 10.9 Å². The Balaban J connectivity index is 3.06. The van der Waals surface area contributed by atoms with Gasteiger partial charge in [-0.15, -0.1) is 0 Å². The van der Waals surface area contributed by atoms with E-state index in [4.69, 9.17) is 5.14 Å². The molecule has 0 spiro atoms. The molecule has 5 nitrogen and oxygen atoms in total. The van der Waals surface area contributed by atoms with E-state index in [2.05, 4.69) is 5.32 Å². The molecule has 0 bridgehead atoms. The second-order valence-corrected chi connectivity index (χ2v) is 6.31. The highest BCUT2D eigenvalue weighted by atomic mass is 32.2. The molecular formula is C11H21N3O2S. The lowest BCUT2D eigenvalue weighted by molar-refractivity contribution is 0.525. The van der Waals surface area contributed by atoms with Gasteiger partial charge in [-0.1, -0.05) is 13.8 Å².